The summed E-state index contributed by atoms with van der Waals surface area (Å²) < 4.78 is 11.0. The number of nitrogens with zero attached hydrogens (tertiary/aromatic N) is 1. The Morgan fingerprint density at radius 2 is 1.78 bits per heavy atom. The third kappa shape index (κ3) is 4.79. The zero-order valence-electron chi connectivity index (χ0n) is 15.8. The van der Waals surface area contributed by atoms with Crippen molar-refractivity contribution in [1.29, 1.82) is 0 Å². The highest BCUT2D eigenvalue weighted by atomic mass is 16.5. The molecule has 1 amide bonds. The lowest BCUT2D eigenvalue weighted by molar-refractivity contribution is -0.129. The molecule has 0 aliphatic carbocycles. The Bertz CT molecular complexity index is 843. The second-order valence-electron chi connectivity index (χ2n) is 6.51. The highest BCUT2D eigenvalue weighted by Gasteiger charge is 2.20. The van der Waals surface area contributed by atoms with Crippen molar-refractivity contribution in [1.82, 2.24) is 4.90 Å². The highest BCUT2D eigenvalue weighted by molar-refractivity contribution is 5.73. The van der Waals surface area contributed by atoms with Gasteiger partial charge in [-0.25, -0.2) is 0 Å². The molecule has 1 atom stereocenters. The Morgan fingerprint density at radius 1 is 1.04 bits per heavy atom. The summed E-state index contributed by atoms with van der Waals surface area (Å²) in [6.45, 7) is 2.72. The molecule has 0 N–H and O–H groups in total. The Balaban J connectivity index is 1.84. The number of rotatable bonds is 8. The van der Waals surface area contributed by atoms with Crippen LogP contribution in [0.2, 0.25) is 0 Å². The van der Waals surface area contributed by atoms with Crippen LogP contribution in [0.25, 0.3) is 0 Å². The fraction of sp³-hybridized carbons (Fsp3) is 0.261. The van der Waals surface area contributed by atoms with Crippen LogP contribution in [0.4, 0.5) is 0 Å². The minimum Gasteiger partial charge on any atom is -0.496 e. The van der Waals surface area contributed by atoms with E-state index in [1.165, 1.54) is 5.56 Å². The average molecular weight is 363 g/mol. The molecule has 1 aromatic heterocycles. The van der Waals surface area contributed by atoms with E-state index in [-0.39, 0.29) is 11.8 Å². The molecular formula is C23H25NO3. The fourth-order valence-electron chi connectivity index (χ4n) is 3.36. The number of hydrogen-bond acceptors (Lipinski definition) is 3. The van der Waals surface area contributed by atoms with Crippen LogP contribution in [0, 0.1) is 0 Å². The molecule has 4 nitrogen and oxygen atoms in total. The van der Waals surface area contributed by atoms with Gasteiger partial charge >= 0.3 is 0 Å². The quantitative estimate of drug-likeness (QED) is 0.574. The maximum absolute atomic E-state index is 12.1. The van der Waals surface area contributed by atoms with Gasteiger partial charge in [-0.05, 0) is 30.2 Å². The average Bonchev–Trinajstić information content (AvgIpc) is 3.21. The number of carbonyl (C=O) groups excluding carboxylic acids is 1. The van der Waals surface area contributed by atoms with E-state index >= 15 is 0 Å². The van der Waals surface area contributed by atoms with E-state index in [2.05, 4.69) is 18.2 Å². The zero-order chi connectivity index (χ0) is 19.1. The highest BCUT2D eigenvalue weighted by Crippen LogP contribution is 2.34. The van der Waals surface area contributed by atoms with Gasteiger partial charge in [-0.2, -0.15) is 0 Å². The SMILES string of the molecule is COc1ccccc1[C@@H](CCN(Cc1ccco1)C(C)=O)c1ccccc1. The second kappa shape index (κ2) is 9.08. The van der Waals surface area contributed by atoms with E-state index in [1.54, 1.807) is 20.3 Å². The Kier molecular flexibility index (Phi) is 6.31. The van der Waals surface area contributed by atoms with Crippen molar-refractivity contribution in [2.45, 2.75) is 25.8 Å². The van der Waals surface area contributed by atoms with Gasteiger partial charge in [0.05, 0.1) is 19.9 Å². The first-order chi connectivity index (χ1) is 13.2. The lowest BCUT2D eigenvalue weighted by Gasteiger charge is -2.25. The van der Waals surface area contributed by atoms with Crippen molar-refractivity contribution >= 4 is 5.91 Å². The van der Waals surface area contributed by atoms with E-state index in [0.717, 1.165) is 23.5 Å². The van der Waals surface area contributed by atoms with Crippen LogP contribution in [0.1, 0.15) is 36.1 Å². The molecule has 2 aromatic carbocycles. The van der Waals surface area contributed by atoms with E-state index < -0.39 is 0 Å². The lowest BCUT2D eigenvalue weighted by Crippen LogP contribution is -2.30. The van der Waals surface area contributed by atoms with Gasteiger partial charge in [0, 0.05) is 24.9 Å². The number of para-hydroxylation sites is 1. The lowest BCUT2D eigenvalue weighted by atomic mass is 9.87. The van der Waals surface area contributed by atoms with Gasteiger partial charge in [-0.15, -0.1) is 0 Å². The van der Waals surface area contributed by atoms with Gasteiger partial charge in [0.25, 0.3) is 0 Å². The van der Waals surface area contributed by atoms with Gasteiger partial charge in [0.2, 0.25) is 5.91 Å². The van der Waals surface area contributed by atoms with Crippen molar-refractivity contribution in [3.05, 3.63) is 89.9 Å². The fourth-order valence-corrected chi connectivity index (χ4v) is 3.36. The van der Waals surface area contributed by atoms with Crippen molar-refractivity contribution in [2.24, 2.45) is 0 Å². The van der Waals surface area contributed by atoms with Gasteiger partial charge < -0.3 is 14.1 Å². The zero-order valence-corrected chi connectivity index (χ0v) is 15.8. The summed E-state index contributed by atoms with van der Waals surface area (Å²) >= 11 is 0. The van der Waals surface area contributed by atoms with E-state index in [0.29, 0.717) is 13.1 Å². The molecule has 0 radical (unpaired) electrons. The van der Waals surface area contributed by atoms with E-state index in [9.17, 15) is 4.79 Å². The predicted molar refractivity (Wildman–Crippen MR) is 106 cm³/mol. The molecule has 3 aromatic rings. The van der Waals surface area contributed by atoms with Gasteiger partial charge in [0.15, 0.2) is 0 Å². The van der Waals surface area contributed by atoms with Crippen molar-refractivity contribution in [3.8, 4) is 5.75 Å². The third-order valence-corrected chi connectivity index (χ3v) is 4.78. The molecule has 0 saturated carbocycles. The first kappa shape index (κ1) is 18.8. The van der Waals surface area contributed by atoms with Crippen molar-refractivity contribution in [2.75, 3.05) is 13.7 Å². The summed E-state index contributed by atoms with van der Waals surface area (Å²) in [4.78, 5) is 14.0. The summed E-state index contributed by atoms with van der Waals surface area (Å²) in [5.41, 5.74) is 2.34. The normalized spacial score (nSPS) is 11.8. The molecule has 0 spiro atoms. The van der Waals surface area contributed by atoms with Gasteiger partial charge in [-0.3, -0.25) is 4.79 Å². The van der Waals surface area contributed by atoms with Crippen LogP contribution >= 0.6 is 0 Å². The van der Waals surface area contributed by atoms with Gasteiger partial charge in [-0.1, -0.05) is 48.5 Å². The van der Waals surface area contributed by atoms with Crippen LogP contribution in [-0.4, -0.2) is 24.5 Å². The number of furan rings is 1. The molecule has 4 heteroatoms. The van der Waals surface area contributed by atoms with Crippen LogP contribution < -0.4 is 4.74 Å². The Morgan fingerprint density at radius 3 is 2.44 bits per heavy atom. The van der Waals surface area contributed by atoms with Crippen molar-refractivity contribution in [3.63, 3.8) is 0 Å². The number of carbonyl (C=O) groups is 1. The first-order valence-electron chi connectivity index (χ1n) is 9.14. The monoisotopic (exact) mass is 363 g/mol. The molecule has 0 fully saturated rings. The molecule has 0 aliphatic heterocycles. The predicted octanol–water partition coefficient (Wildman–Crippen LogP) is 4.86. The maximum atomic E-state index is 12.1. The summed E-state index contributed by atoms with van der Waals surface area (Å²) in [6.07, 6.45) is 2.43. The summed E-state index contributed by atoms with van der Waals surface area (Å²) in [5.74, 6) is 1.84. The molecule has 0 unspecified atom stereocenters. The molecule has 27 heavy (non-hydrogen) atoms. The van der Waals surface area contributed by atoms with Crippen LogP contribution in [0.3, 0.4) is 0 Å². The minimum atomic E-state index is 0.0400. The molecule has 140 valence electrons. The van der Waals surface area contributed by atoms with Crippen molar-refractivity contribution < 1.29 is 13.9 Å². The maximum Gasteiger partial charge on any atom is 0.219 e. The number of amides is 1. The van der Waals surface area contributed by atoms with Gasteiger partial charge in [0.1, 0.15) is 11.5 Å². The molecule has 0 saturated heterocycles. The number of methoxy groups -OCH3 is 1. The molecule has 1 heterocycles. The molecule has 0 bridgehead atoms. The number of ether oxygens (including phenoxy) is 1. The smallest absolute Gasteiger partial charge is 0.219 e. The first-order valence-corrected chi connectivity index (χ1v) is 9.14. The number of hydrogen-bond donors (Lipinski definition) is 0. The second-order valence-corrected chi connectivity index (χ2v) is 6.51. The minimum absolute atomic E-state index is 0.0400. The summed E-state index contributed by atoms with van der Waals surface area (Å²) in [6, 6.07) is 22.2. The molecule has 0 aliphatic rings. The topological polar surface area (TPSA) is 42.7 Å². The van der Waals surface area contributed by atoms with E-state index in [4.69, 9.17) is 9.15 Å². The third-order valence-electron chi connectivity index (χ3n) is 4.78. The van der Waals surface area contributed by atoms with Crippen LogP contribution in [0.5, 0.6) is 5.75 Å². The number of benzene rings is 2. The van der Waals surface area contributed by atoms with E-state index in [1.807, 2.05) is 53.4 Å². The summed E-state index contributed by atoms with van der Waals surface area (Å²) in [5, 5.41) is 0. The van der Waals surface area contributed by atoms with Crippen LogP contribution in [-0.2, 0) is 11.3 Å². The molecular weight excluding hydrogens is 338 g/mol. The largest absolute Gasteiger partial charge is 0.496 e. The van der Waals surface area contributed by atoms with Crippen LogP contribution in [0.15, 0.2) is 77.4 Å². The Labute approximate surface area is 160 Å². The standard InChI is InChI=1S/C23H25NO3/c1-18(25)24(17-20-11-8-16-27-20)15-14-21(19-9-4-3-5-10-19)22-12-6-7-13-23(22)26-2/h3-13,16,21H,14-15,17H2,1-2H3/t21-/m0/s1. The summed E-state index contributed by atoms with van der Waals surface area (Å²) in [7, 11) is 1.69. The Hall–Kier alpha value is -3.01. The molecule has 3 rings (SSSR count).